The van der Waals surface area contributed by atoms with Crippen molar-refractivity contribution in [2.45, 2.75) is 39.5 Å². The molecule has 0 aliphatic carbocycles. The SMILES string of the molecule is CCCCC(CCS(C)=O)=Nc1nc(C)ncc1O. The molecule has 19 heavy (non-hydrogen) atoms. The van der Waals surface area contributed by atoms with Crippen LogP contribution in [0.5, 0.6) is 5.75 Å². The molecule has 1 unspecified atom stereocenters. The minimum Gasteiger partial charge on any atom is -0.503 e. The lowest BCUT2D eigenvalue weighted by molar-refractivity contribution is 0.470. The van der Waals surface area contributed by atoms with Crippen molar-refractivity contribution < 1.29 is 9.32 Å². The van der Waals surface area contributed by atoms with E-state index in [0.717, 1.165) is 25.0 Å². The van der Waals surface area contributed by atoms with E-state index in [4.69, 9.17) is 0 Å². The molecule has 0 spiro atoms. The number of aliphatic imine (C=N–C) groups is 1. The molecule has 0 fully saturated rings. The van der Waals surface area contributed by atoms with Gasteiger partial charge < -0.3 is 5.11 Å². The maximum atomic E-state index is 11.2. The van der Waals surface area contributed by atoms with Crippen LogP contribution in [0.2, 0.25) is 0 Å². The van der Waals surface area contributed by atoms with Gasteiger partial charge in [0.2, 0.25) is 0 Å². The number of hydrogen-bond donors (Lipinski definition) is 1. The first kappa shape index (κ1) is 15.8. The third kappa shape index (κ3) is 5.92. The molecule has 1 aromatic rings. The monoisotopic (exact) mass is 283 g/mol. The molecule has 5 nitrogen and oxygen atoms in total. The maximum Gasteiger partial charge on any atom is 0.198 e. The van der Waals surface area contributed by atoms with E-state index in [0.29, 0.717) is 23.8 Å². The Morgan fingerprint density at radius 1 is 1.47 bits per heavy atom. The second kappa shape index (κ2) is 7.99. The van der Waals surface area contributed by atoms with Gasteiger partial charge in [-0.15, -0.1) is 0 Å². The Labute approximate surface area is 116 Å². The summed E-state index contributed by atoms with van der Waals surface area (Å²) in [5, 5.41) is 9.69. The molecule has 1 aromatic heterocycles. The summed E-state index contributed by atoms with van der Waals surface area (Å²) < 4.78 is 11.2. The van der Waals surface area contributed by atoms with Crippen LogP contribution >= 0.6 is 0 Å². The Bertz CT molecular complexity index is 475. The zero-order valence-electron chi connectivity index (χ0n) is 11.7. The van der Waals surface area contributed by atoms with E-state index in [1.165, 1.54) is 6.20 Å². The number of aryl methyl sites for hydroxylation is 1. The summed E-state index contributed by atoms with van der Waals surface area (Å²) in [5.74, 6) is 1.45. The van der Waals surface area contributed by atoms with Gasteiger partial charge >= 0.3 is 0 Å². The lowest BCUT2D eigenvalue weighted by Gasteiger charge is -2.06. The van der Waals surface area contributed by atoms with E-state index >= 15 is 0 Å². The smallest absolute Gasteiger partial charge is 0.198 e. The van der Waals surface area contributed by atoms with Crippen LogP contribution in [-0.2, 0) is 10.8 Å². The quantitative estimate of drug-likeness (QED) is 0.780. The van der Waals surface area contributed by atoms with Gasteiger partial charge in [-0.05, 0) is 26.2 Å². The molecule has 0 amide bonds. The van der Waals surface area contributed by atoms with Gasteiger partial charge in [0.25, 0.3) is 0 Å². The molecule has 0 aromatic carbocycles. The summed E-state index contributed by atoms with van der Waals surface area (Å²) in [5.41, 5.74) is 0.936. The highest BCUT2D eigenvalue weighted by Crippen LogP contribution is 2.23. The third-order valence-corrected chi connectivity index (χ3v) is 3.41. The van der Waals surface area contributed by atoms with Crippen LogP contribution in [0.1, 0.15) is 38.4 Å². The molecule has 0 bridgehead atoms. The summed E-state index contributed by atoms with van der Waals surface area (Å²) in [4.78, 5) is 12.4. The van der Waals surface area contributed by atoms with Gasteiger partial charge in [-0.2, -0.15) is 0 Å². The first-order valence-corrected chi connectivity index (χ1v) is 8.14. The van der Waals surface area contributed by atoms with Gasteiger partial charge in [0, 0.05) is 28.5 Å². The van der Waals surface area contributed by atoms with Gasteiger partial charge in [0.05, 0.1) is 6.20 Å². The van der Waals surface area contributed by atoms with Crippen molar-refractivity contribution in [1.82, 2.24) is 9.97 Å². The number of aromatic nitrogens is 2. The normalized spacial score (nSPS) is 13.5. The molecule has 6 heteroatoms. The van der Waals surface area contributed by atoms with E-state index in [2.05, 4.69) is 21.9 Å². The van der Waals surface area contributed by atoms with Gasteiger partial charge in [0.1, 0.15) is 5.82 Å². The second-order valence-corrected chi connectivity index (χ2v) is 5.99. The van der Waals surface area contributed by atoms with Crippen molar-refractivity contribution in [2.75, 3.05) is 12.0 Å². The predicted octanol–water partition coefficient (Wildman–Crippen LogP) is 2.52. The Morgan fingerprint density at radius 2 is 2.21 bits per heavy atom. The predicted molar refractivity (Wildman–Crippen MR) is 78.6 cm³/mol. The highest BCUT2D eigenvalue weighted by Gasteiger charge is 2.07. The minimum atomic E-state index is -0.836. The first-order valence-electron chi connectivity index (χ1n) is 6.42. The largest absolute Gasteiger partial charge is 0.503 e. The van der Waals surface area contributed by atoms with Gasteiger partial charge in [-0.3, -0.25) is 4.21 Å². The third-order valence-electron chi connectivity index (χ3n) is 2.63. The van der Waals surface area contributed by atoms with Crippen LogP contribution in [-0.4, -0.2) is 37.0 Å². The summed E-state index contributed by atoms with van der Waals surface area (Å²) in [6.07, 6.45) is 6.66. The topological polar surface area (TPSA) is 75.4 Å². The Morgan fingerprint density at radius 3 is 2.84 bits per heavy atom. The van der Waals surface area contributed by atoms with Gasteiger partial charge in [-0.1, -0.05) is 13.3 Å². The molecule has 0 aliphatic heterocycles. The zero-order valence-corrected chi connectivity index (χ0v) is 12.5. The van der Waals surface area contributed by atoms with Crippen LogP contribution in [0.25, 0.3) is 0 Å². The van der Waals surface area contributed by atoms with Crippen LogP contribution < -0.4 is 0 Å². The van der Waals surface area contributed by atoms with Gasteiger partial charge in [-0.25, -0.2) is 15.0 Å². The number of rotatable bonds is 7. The van der Waals surface area contributed by atoms with Crippen molar-refractivity contribution in [3.63, 3.8) is 0 Å². The number of aromatic hydroxyl groups is 1. The van der Waals surface area contributed by atoms with Crippen molar-refractivity contribution >= 4 is 22.3 Å². The fourth-order valence-electron chi connectivity index (χ4n) is 1.56. The average Bonchev–Trinajstić information content (AvgIpc) is 2.36. The Hall–Kier alpha value is -1.30. The summed E-state index contributed by atoms with van der Waals surface area (Å²) in [6, 6.07) is 0. The molecule has 1 heterocycles. The molecule has 1 atom stereocenters. The second-order valence-electron chi connectivity index (χ2n) is 4.43. The number of nitrogens with zero attached hydrogens (tertiary/aromatic N) is 3. The van der Waals surface area contributed by atoms with Crippen molar-refractivity contribution in [3.05, 3.63) is 12.0 Å². The van der Waals surface area contributed by atoms with Crippen LogP contribution in [0.15, 0.2) is 11.2 Å². The molecule has 0 saturated heterocycles. The lowest BCUT2D eigenvalue weighted by Crippen LogP contribution is -2.05. The van der Waals surface area contributed by atoms with Gasteiger partial charge in [0.15, 0.2) is 11.6 Å². The molecule has 106 valence electrons. The van der Waals surface area contributed by atoms with Crippen LogP contribution in [0.4, 0.5) is 5.82 Å². The molecule has 0 radical (unpaired) electrons. The molecule has 1 rings (SSSR count). The number of unbranched alkanes of at least 4 members (excludes halogenated alkanes) is 1. The van der Waals surface area contributed by atoms with E-state index in [9.17, 15) is 9.32 Å². The Balaban J connectivity index is 2.90. The van der Waals surface area contributed by atoms with Crippen LogP contribution in [0, 0.1) is 6.92 Å². The first-order chi connectivity index (χ1) is 9.02. The molecule has 1 N–H and O–H groups in total. The summed E-state index contributed by atoms with van der Waals surface area (Å²) >= 11 is 0. The fourth-order valence-corrected chi connectivity index (χ4v) is 2.09. The van der Waals surface area contributed by atoms with E-state index in [1.54, 1.807) is 13.2 Å². The molecule has 0 aliphatic rings. The van der Waals surface area contributed by atoms with E-state index in [-0.39, 0.29) is 5.75 Å². The van der Waals surface area contributed by atoms with Crippen molar-refractivity contribution in [1.29, 1.82) is 0 Å². The Kier molecular flexibility index (Phi) is 6.62. The van der Waals surface area contributed by atoms with Crippen molar-refractivity contribution in [2.24, 2.45) is 4.99 Å². The summed E-state index contributed by atoms with van der Waals surface area (Å²) in [7, 11) is -0.836. The zero-order chi connectivity index (χ0) is 14.3. The molecule has 0 saturated carbocycles. The van der Waals surface area contributed by atoms with Crippen LogP contribution in [0.3, 0.4) is 0 Å². The maximum absolute atomic E-state index is 11.2. The lowest BCUT2D eigenvalue weighted by atomic mass is 10.1. The van der Waals surface area contributed by atoms with E-state index < -0.39 is 10.8 Å². The average molecular weight is 283 g/mol. The fraction of sp³-hybridized carbons (Fsp3) is 0.615. The minimum absolute atomic E-state index is 0.0165. The highest BCUT2D eigenvalue weighted by atomic mass is 32.2. The highest BCUT2D eigenvalue weighted by molar-refractivity contribution is 7.84. The molecular weight excluding hydrogens is 262 g/mol. The summed E-state index contributed by atoms with van der Waals surface area (Å²) in [6.45, 7) is 3.87. The van der Waals surface area contributed by atoms with Crippen molar-refractivity contribution in [3.8, 4) is 5.75 Å². The number of hydrogen-bond acceptors (Lipinski definition) is 5. The van der Waals surface area contributed by atoms with E-state index in [1.807, 2.05) is 0 Å². The standard InChI is InChI=1S/C13H21N3O2S/c1-4-5-6-11(7-8-19(3)18)16-13-12(17)9-14-10(2)15-13/h9,17H,4-8H2,1-3H3. The molecular formula is C13H21N3O2S.